The van der Waals surface area contributed by atoms with Gasteiger partial charge in [0.15, 0.2) is 0 Å². The lowest BCUT2D eigenvalue weighted by Crippen LogP contribution is -2.31. The smallest absolute Gasteiger partial charge is 0.253 e. The molecule has 1 heterocycles. The molecule has 0 bridgehead atoms. The average Bonchev–Trinajstić information content (AvgIpc) is 2.65. The third-order valence-corrected chi connectivity index (χ3v) is 2.63. The van der Waals surface area contributed by atoms with Crippen LogP contribution in [0.2, 0.25) is 0 Å². The molecule has 1 aliphatic rings. The normalized spacial score (nSPS) is 20.6. The maximum Gasteiger partial charge on any atom is 0.253 e. The molecule has 0 spiro atoms. The van der Waals surface area contributed by atoms with Crippen LogP contribution in [0.15, 0.2) is 24.3 Å². The molecule has 1 aliphatic heterocycles. The number of carbonyl (C=O) groups is 1. The largest absolute Gasteiger partial charge is 0.508 e. The number of hydrogen-bond donors (Lipinski definition) is 2. The van der Waals surface area contributed by atoms with Gasteiger partial charge >= 0.3 is 0 Å². The molecule has 1 fully saturated rings. The second-order valence-electron chi connectivity index (χ2n) is 3.85. The highest BCUT2D eigenvalue weighted by atomic mass is 16.3. The van der Waals surface area contributed by atoms with E-state index in [4.69, 9.17) is 10.8 Å². The lowest BCUT2D eigenvalue weighted by atomic mass is 10.2. The van der Waals surface area contributed by atoms with Crippen LogP contribution < -0.4 is 5.73 Å². The molecule has 1 unspecified atom stereocenters. The first-order valence-corrected chi connectivity index (χ1v) is 5.00. The molecule has 4 heteroatoms. The van der Waals surface area contributed by atoms with Crippen LogP contribution >= 0.6 is 0 Å². The van der Waals surface area contributed by atoms with Crippen molar-refractivity contribution in [1.29, 1.82) is 0 Å². The van der Waals surface area contributed by atoms with Gasteiger partial charge in [-0.15, -0.1) is 0 Å². The summed E-state index contributed by atoms with van der Waals surface area (Å²) in [7, 11) is 0. The van der Waals surface area contributed by atoms with Gasteiger partial charge in [0.2, 0.25) is 0 Å². The molecule has 1 aromatic rings. The van der Waals surface area contributed by atoms with Gasteiger partial charge in [0.25, 0.3) is 5.91 Å². The van der Waals surface area contributed by atoms with Gasteiger partial charge in [-0.25, -0.2) is 0 Å². The molecule has 2 rings (SSSR count). The lowest BCUT2D eigenvalue weighted by molar-refractivity contribution is 0.0791. The summed E-state index contributed by atoms with van der Waals surface area (Å²) < 4.78 is 0. The van der Waals surface area contributed by atoms with Crippen LogP contribution in [-0.4, -0.2) is 35.0 Å². The Balaban J connectivity index is 2.11. The summed E-state index contributed by atoms with van der Waals surface area (Å²) in [5.41, 5.74) is 6.33. The number of likely N-dealkylation sites (tertiary alicyclic amines) is 1. The number of benzene rings is 1. The number of phenols is 1. The minimum atomic E-state index is -0.0112. The highest BCUT2D eigenvalue weighted by Gasteiger charge is 2.24. The quantitative estimate of drug-likeness (QED) is 0.705. The number of phenolic OH excluding ortho intramolecular Hbond substituents is 1. The van der Waals surface area contributed by atoms with Gasteiger partial charge in [0, 0.05) is 24.7 Å². The fourth-order valence-electron chi connectivity index (χ4n) is 1.76. The minimum Gasteiger partial charge on any atom is -0.508 e. The molecule has 1 amide bonds. The number of nitrogens with two attached hydrogens (primary N) is 1. The van der Waals surface area contributed by atoms with Gasteiger partial charge in [-0.3, -0.25) is 4.79 Å². The zero-order valence-corrected chi connectivity index (χ0v) is 8.39. The Bertz CT molecular complexity index is 361. The third kappa shape index (κ3) is 2.10. The highest BCUT2D eigenvalue weighted by Crippen LogP contribution is 2.15. The number of hydrogen-bond acceptors (Lipinski definition) is 3. The summed E-state index contributed by atoms with van der Waals surface area (Å²) in [5.74, 6) is 0.160. The zero-order valence-electron chi connectivity index (χ0n) is 8.39. The molecule has 0 radical (unpaired) electrons. The first-order valence-electron chi connectivity index (χ1n) is 5.00. The van der Waals surface area contributed by atoms with Crippen molar-refractivity contribution in [3.05, 3.63) is 29.8 Å². The predicted octanol–water partition coefficient (Wildman–Crippen LogP) is 0.565. The third-order valence-electron chi connectivity index (χ3n) is 2.63. The van der Waals surface area contributed by atoms with E-state index in [1.807, 2.05) is 0 Å². The second-order valence-corrected chi connectivity index (χ2v) is 3.85. The SMILES string of the molecule is NC1CCN(C(=O)c2ccc(O)cc2)C1. The van der Waals surface area contributed by atoms with Gasteiger partial charge < -0.3 is 15.7 Å². The van der Waals surface area contributed by atoms with E-state index >= 15 is 0 Å². The Morgan fingerprint density at radius 1 is 1.40 bits per heavy atom. The Labute approximate surface area is 88.3 Å². The summed E-state index contributed by atoms with van der Waals surface area (Å²) >= 11 is 0. The fraction of sp³-hybridized carbons (Fsp3) is 0.364. The van der Waals surface area contributed by atoms with Crippen LogP contribution in [0.4, 0.5) is 0 Å². The molecule has 0 saturated carbocycles. The van der Waals surface area contributed by atoms with Crippen LogP contribution in [0.5, 0.6) is 5.75 Å². The van der Waals surface area contributed by atoms with Crippen LogP contribution in [-0.2, 0) is 0 Å². The molecular weight excluding hydrogens is 192 g/mol. The first kappa shape index (κ1) is 9.98. The summed E-state index contributed by atoms with van der Waals surface area (Å²) in [4.78, 5) is 13.6. The number of amides is 1. The molecule has 1 aromatic carbocycles. The molecular formula is C11H14N2O2. The van der Waals surface area contributed by atoms with E-state index in [0.717, 1.165) is 13.0 Å². The molecule has 1 saturated heterocycles. The Hall–Kier alpha value is -1.55. The van der Waals surface area contributed by atoms with Crippen molar-refractivity contribution in [2.24, 2.45) is 5.73 Å². The fourth-order valence-corrected chi connectivity index (χ4v) is 1.76. The summed E-state index contributed by atoms with van der Waals surface area (Å²) in [6.07, 6.45) is 0.865. The van der Waals surface area contributed by atoms with Crippen molar-refractivity contribution in [2.75, 3.05) is 13.1 Å². The summed E-state index contributed by atoms with van der Waals surface area (Å²) in [5, 5.41) is 9.10. The van der Waals surface area contributed by atoms with Crippen molar-refractivity contribution >= 4 is 5.91 Å². The molecule has 3 N–H and O–H groups in total. The van der Waals surface area contributed by atoms with Crippen LogP contribution in [0.3, 0.4) is 0 Å². The van der Waals surface area contributed by atoms with Crippen LogP contribution in [0.25, 0.3) is 0 Å². The second kappa shape index (κ2) is 3.90. The van der Waals surface area contributed by atoms with Crippen molar-refractivity contribution in [3.8, 4) is 5.75 Å². The van der Waals surface area contributed by atoms with Gasteiger partial charge in [-0.1, -0.05) is 0 Å². The van der Waals surface area contributed by atoms with Gasteiger partial charge in [0.1, 0.15) is 5.75 Å². The van der Waals surface area contributed by atoms with E-state index < -0.39 is 0 Å². The van der Waals surface area contributed by atoms with Gasteiger partial charge in [-0.05, 0) is 30.7 Å². The van der Waals surface area contributed by atoms with Gasteiger partial charge in [0.05, 0.1) is 0 Å². The van der Waals surface area contributed by atoms with Crippen molar-refractivity contribution in [3.63, 3.8) is 0 Å². The Morgan fingerprint density at radius 3 is 2.60 bits per heavy atom. The summed E-state index contributed by atoms with van der Waals surface area (Å²) in [6, 6.07) is 6.39. The van der Waals surface area contributed by atoms with E-state index in [9.17, 15) is 4.79 Å². The van der Waals surface area contributed by atoms with Crippen molar-refractivity contribution in [1.82, 2.24) is 4.90 Å². The lowest BCUT2D eigenvalue weighted by Gasteiger charge is -2.15. The minimum absolute atomic E-state index is 0.0112. The van der Waals surface area contributed by atoms with Crippen LogP contribution in [0, 0.1) is 0 Å². The predicted molar refractivity (Wildman–Crippen MR) is 56.6 cm³/mol. The van der Waals surface area contributed by atoms with E-state index in [1.165, 1.54) is 12.1 Å². The van der Waals surface area contributed by atoms with Crippen molar-refractivity contribution in [2.45, 2.75) is 12.5 Å². The first-order chi connectivity index (χ1) is 7.16. The molecule has 80 valence electrons. The number of carbonyl (C=O) groups excluding carboxylic acids is 1. The number of rotatable bonds is 1. The Morgan fingerprint density at radius 2 is 2.07 bits per heavy atom. The van der Waals surface area contributed by atoms with Gasteiger partial charge in [-0.2, -0.15) is 0 Å². The molecule has 15 heavy (non-hydrogen) atoms. The summed E-state index contributed by atoms with van der Waals surface area (Å²) in [6.45, 7) is 1.35. The van der Waals surface area contributed by atoms with E-state index in [2.05, 4.69) is 0 Å². The monoisotopic (exact) mass is 206 g/mol. The average molecular weight is 206 g/mol. The maximum atomic E-state index is 11.9. The van der Waals surface area contributed by atoms with Crippen LogP contribution in [0.1, 0.15) is 16.8 Å². The number of aromatic hydroxyl groups is 1. The van der Waals surface area contributed by atoms with E-state index in [1.54, 1.807) is 17.0 Å². The van der Waals surface area contributed by atoms with E-state index in [-0.39, 0.29) is 17.7 Å². The standard InChI is InChI=1S/C11H14N2O2/c12-9-5-6-13(7-9)11(15)8-1-3-10(14)4-2-8/h1-4,9,14H,5-7,12H2. The highest BCUT2D eigenvalue weighted by molar-refractivity contribution is 5.94. The molecule has 0 aliphatic carbocycles. The molecule has 4 nitrogen and oxygen atoms in total. The Kier molecular flexibility index (Phi) is 2.60. The maximum absolute atomic E-state index is 11.9. The van der Waals surface area contributed by atoms with Crippen molar-refractivity contribution < 1.29 is 9.90 Å². The molecule has 0 aromatic heterocycles. The van der Waals surface area contributed by atoms with E-state index in [0.29, 0.717) is 12.1 Å². The zero-order chi connectivity index (χ0) is 10.8. The topological polar surface area (TPSA) is 66.6 Å². The number of nitrogens with zero attached hydrogens (tertiary/aromatic N) is 1. The molecule has 1 atom stereocenters.